The average Bonchev–Trinajstić information content (AvgIpc) is 3.02. The Morgan fingerprint density at radius 2 is 1.96 bits per heavy atom. The van der Waals surface area contributed by atoms with Gasteiger partial charge in [-0.15, -0.1) is 5.10 Å². The molecule has 2 aromatic rings. The number of hydrogen-bond acceptors (Lipinski definition) is 6. The molecule has 1 aromatic heterocycles. The van der Waals surface area contributed by atoms with Crippen LogP contribution in [-0.2, 0) is 11.2 Å². The quantitative estimate of drug-likeness (QED) is 0.461. The molecule has 0 aliphatic heterocycles. The number of unbranched alkanes of at least 4 members (excludes halogenated alkanes) is 1. The molecule has 140 valence electrons. The van der Waals surface area contributed by atoms with Crippen molar-refractivity contribution in [1.82, 2.24) is 20.3 Å². The Kier molecular flexibility index (Phi) is 6.26. The molecule has 0 saturated heterocycles. The third kappa shape index (κ3) is 6.15. The van der Waals surface area contributed by atoms with Gasteiger partial charge in [0.2, 0.25) is 0 Å². The van der Waals surface area contributed by atoms with E-state index in [2.05, 4.69) is 15.6 Å². The number of nitro groups is 1. The fourth-order valence-corrected chi connectivity index (χ4v) is 2.20. The lowest BCUT2D eigenvalue weighted by Gasteiger charge is -2.19. The number of non-ortho nitro benzene ring substituents is 1. The maximum atomic E-state index is 11.5. The van der Waals surface area contributed by atoms with Gasteiger partial charge in [0.15, 0.2) is 0 Å². The number of amides is 1. The van der Waals surface area contributed by atoms with Gasteiger partial charge in [0.1, 0.15) is 5.60 Å². The number of hydrogen-bond donors (Lipinski definition) is 1. The molecule has 0 atom stereocenters. The van der Waals surface area contributed by atoms with Gasteiger partial charge in [-0.05, 0) is 52.2 Å². The van der Waals surface area contributed by atoms with Gasteiger partial charge in [-0.25, -0.2) is 9.48 Å². The first-order valence-electron chi connectivity index (χ1n) is 8.37. The Hall–Kier alpha value is -2.97. The summed E-state index contributed by atoms with van der Waals surface area (Å²) in [7, 11) is 0. The van der Waals surface area contributed by atoms with Crippen molar-refractivity contribution >= 4 is 11.8 Å². The number of carbonyl (C=O) groups excluding carboxylic acids is 1. The Morgan fingerprint density at radius 3 is 2.58 bits per heavy atom. The summed E-state index contributed by atoms with van der Waals surface area (Å²) in [5.41, 5.74) is 1.06. The number of aromatic nitrogens is 3. The van der Waals surface area contributed by atoms with Crippen molar-refractivity contribution in [3.05, 3.63) is 46.3 Å². The van der Waals surface area contributed by atoms with Gasteiger partial charge in [0, 0.05) is 18.7 Å². The molecule has 9 heteroatoms. The van der Waals surface area contributed by atoms with Crippen LogP contribution < -0.4 is 5.32 Å². The molecule has 1 heterocycles. The van der Waals surface area contributed by atoms with Crippen molar-refractivity contribution in [3.8, 4) is 5.69 Å². The van der Waals surface area contributed by atoms with Gasteiger partial charge < -0.3 is 10.1 Å². The van der Waals surface area contributed by atoms with Crippen LogP contribution in [0.3, 0.4) is 0 Å². The molecule has 26 heavy (non-hydrogen) atoms. The third-order valence-electron chi connectivity index (χ3n) is 3.39. The third-order valence-corrected chi connectivity index (χ3v) is 3.39. The van der Waals surface area contributed by atoms with E-state index >= 15 is 0 Å². The van der Waals surface area contributed by atoms with Gasteiger partial charge in [0.05, 0.1) is 22.5 Å². The molecule has 0 aliphatic carbocycles. The Labute approximate surface area is 151 Å². The minimum atomic E-state index is -0.500. The first-order chi connectivity index (χ1) is 12.2. The number of alkyl carbamates (subject to hydrolysis) is 1. The molecule has 0 fully saturated rings. The first kappa shape index (κ1) is 19.4. The SMILES string of the molecule is CC(C)(C)OC(=O)NCCCCc1cn(-c2ccc([N+](=O)[O-])cc2)nn1. The number of nitrogens with zero attached hydrogens (tertiary/aromatic N) is 4. The molecule has 0 aliphatic rings. The highest BCUT2D eigenvalue weighted by Crippen LogP contribution is 2.15. The van der Waals surface area contributed by atoms with Crippen LogP contribution >= 0.6 is 0 Å². The maximum Gasteiger partial charge on any atom is 0.407 e. The van der Waals surface area contributed by atoms with Gasteiger partial charge in [-0.1, -0.05) is 5.21 Å². The van der Waals surface area contributed by atoms with E-state index in [-0.39, 0.29) is 5.69 Å². The van der Waals surface area contributed by atoms with Gasteiger partial charge in [-0.2, -0.15) is 0 Å². The Bertz CT molecular complexity index is 749. The molecule has 0 radical (unpaired) electrons. The zero-order valence-corrected chi connectivity index (χ0v) is 15.1. The number of carbonyl (C=O) groups is 1. The fourth-order valence-electron chi connectivity index (χ4n) is 2.20. The summed E-state index contributed by atoms with van der Waals surface area (Å²) in [5.74, 6) is 0. The summed E-state index contributed by atoms with van der Waals surface area (Å²) < 4.78 is 6.74. The Morgan fingerprint density at radius 1 is 1.27 bits per heavy atom. The number of ether oxygens (including phenoxy) is 1. The van der Waals surface area contributed by atoms with E-state index in [0.29, 0.717) is 12.2 Å². The molecule has 1 amide bonds. The highest BCUT2D eigenvalue weighted by Gasteiger charge is 2.15. The van der Waals surface area contributed by atoms with Crippen molar-refractivity contribution in [2.45, 2.75) is 45.6 Å². The second-order valence-electron chi connectivity index (χ2n) is 6.81. The summed E-state index contributed by atoms with van der Waals surface area (Å²) in [5, 5.41) is 21.5. The van der Waals surface area contributed by atoms with Crippen LogP contribution in [0.4, 0.5) is 10.5 Å². The zero-order chi connectivity index (χ0) is 19.2. The van der Waals surface area contributed by atoms with Crippen molar-refractivity contribution in [2.75, 3.05) is 6.54 Å². The molecule has 9 nitrogen and oxygen atoms in total. The molecular weight excluding hydrogens is 338 g/mol. The predicted octanol–water partition coefficient (Wildman–Crippen LogP) is 3.02. The highest BCUT2D eigenvalue weighted by molar-refractivity contribution is 5.67. The summed E-state index contributed by atoms with van der Waals surface area (Å²) in [6, 6.07) is 6.11. The van der Waals surface area contributed by atoms with E-state index < -0.39 is 16.6 Å². The van der Waals surface area contributed by atoms with Crippen LogP contribution in [0, 0.1) is 10.1 Å². The number of benzene rings is 1. The number of nitro benzene ring substituents is 1. The lowest BCUT2D eigenvalue weighted by Crippen LogP contribution is -2.33. The maximum absolute atomic E-state index is 11.5. The van der Waals surface area contributed by atoms with Gasteiger partial charge in [-0.3, -0.25) is 10.1 Å². The highest BCUT2D eigenvalue weighted by atomic mass is 16.6. The second kappa shape index (κ2) is 8.41. The fraction of sp³-hybridized carbons (Fsp3) is 0.471. The normalized spacial score (nSPS) is 11.2. The molecule has 0 unspecified atom stereocenters. The second-order valence-corrected chi connectivity index (χ2v) is 6.81. The van der Waals surface area contributed by atoms with Crippen LogP contribution in [0.15, 0.2) is 30.5 Å². The van der Waals surface area contributed by atoms with Crippen molar-refractivity contribution < 1.29 is 14.5 Å². The summed E-state index contributed by atoms with van der Waals surface area (Å²) in [4.78, 5) is 21.7. The minimum Gasteiger partial charge on any atom is -0.444 e. The molecule has 1 N–H and O–H groups in total. The number of nitrogens with one attached hydrogen (secondary N) is 1. The number of aryl methyl sites for hydroxylation is 1. The summed E-state index contributed by atoms with van der Waals surface area (Å²) in [6.07, 6.45) is 3.74. The summed E-state index contributed by atoms with van der Waals surface area (Å²) >= 11 is 0. The van der Waals surface area contributed by atoms with E-state index in [1.807, 2.05) is 20.8 Å². The van der Waals surface area contributed by atoms with Crippen LogP contribution in [0.2, 0.25) is 0 Å². The van der Waals surface area contributed by atoms with Crippen molar-refractivity contribution in [2.24, 2.45) is 0 Å². The zero-order valence-electron chi connectivity index (χ0n) is 15.1. The van der Waals surface area contributed by atoms with E-state index in [1.54, 1.807) is 23.0 Å². The van der Waals surface area contributed by atoms with Gasteiger partial charge in [0.25, 0.3) is 5.69 Å². The molecular formula is C17H23N5O4. The van der Waals surface area contributed by atoms with Gasteiger partial charge >= 0.3 is 6.09 Å². The molecule has 1 aromatic carbocycles. The van der Waals surface area contributed by atoms with Crippen LogP contribution in [0.5, 0.6) is 0 Å². The largest absolute Gasteiger partial charge is 0.444 e. The van der Waals surface area contributed by atoms with Crippen molar-refractivity contribution in [3.63, 3.8) is 0 Å². The average molecular weight is 361 g/mol. The van der Waals surface area contributed by atoms with E-state index in [1.165, 1.54) is 12.1 Å². The first-order valence-corrected chi connectivity index (χ1v) is 8.37. The lowest BCUT2D eigenvalue weighted by molar-refractivity contribution is -0.384. The Balaban J connectivity index is 1.75. The molecule has 0 bridgehead atoms. The predicted molar refractivity (Wildman–Crippen MR) is 95.2 cm³/mol. The van der Waals surface area contributed by atoms with Crippen LogP contribution in [0.1, 0.15) is 39.3 Å². The molecule has 0 saturated carbocycles. The topological polar surface area (TPSA) is 112 Å². The minimum absolute atomic E-state index is 0.0339. The number of rotatable bonds is 7. The lowest BCUT2D eigenvalue weighted by atomic mass is 10.2. The molecule has 2 rings (SSSR count). The van der Waals surface area contributed by atoms with E-state index in [0.717, 1.165) is 25.0 Å². The smallest absolute Gasteiger partial charge is 0.407 e. The molecule has 0 spiro atoms. The monoisotopic (exact) mass is 361 g/mol. The van der Waals surface area contributed by atoms with Crippen LogP contribution in [-0.4, -0.2) is 38.2 Å². The van der Waals surface area contributed by atoms with E-state index in [4.69, 9.17) is 4.74 Å². The van der Waals surface area contributed by atoms with E-state index in [9.17, 15) is 14.9 Å². The van der Waals surface area contributed by atoms with Crippen molar-refractivity contribution in [1.29, 1.82) is 0 Å². The van der Waals surface area contributed by atoms with Crippen LogP contribution in [0.25, 0.3) is 5.69 Å². The standard InChI is InChI=1S/C17H23N5O4/c1-17(2,3)26-16(23)18-11-5-4-6-13-12-21(20-19-13)14-7-9-15(10-8-14)22(24)25/h7-10,12H,4-6,11H2,1-3H3,(H,18,23). The summed E-state index contributed by atoms with van der Waals surface area (Å²) in [6.45, 7) is 5.99.